The van der Waals surface area contributed by atoms with Crippen molar-refractivity contribution in [3.63, 3.8) is 0 Å². The lowest BCUT2D eigenvalue weighted by Gasteiger charge is -2.07. The minimum Gasteiger partial charge on any atom is -0.457 e. The van der Waals surface area contributed by atoms with Crippen LogP contribution in [0.5, 0.6) is 0 Å². The lowest BCUT2D eigenvalue weighted by Crippen LogP contribution is -2.31. The summed E-state index contributed by atoms with van der Waals surface area (Å²) < 4.78 is 8.15. The maximum atomic E-state index is 7.46. The fourth-order valence-corrected chi connectivity index (χ4v) is 3.47. The maximum Gasteiger partial charge on any atom is 0.212 e. The predicted octanol–water partition coefficient (Wildman–Crippen LogP) is 5.55. The van der Waals surface area contributed by atoms with Gasteiger partial charge in [-0.25, -0.2) is 9.41 Å². The summed E-state index contributed by atoms with van der Waals surface area (Å²) in [5.74, 6) is 0. The first-order valence-electron chi connectivity index (χ1n) is 8.30. The van der Waals surface area contributed by atoms with Crippen LogP contribution < -0.4 is 4.57 Å². The van der Waals surface area contributed by atoms with E-state index >= 15 is 0 Å². The van der Waals surface area contributed by atoms with Gasteiger partial charge in [-0.05, 0) is 50.1 Å². The van der Waals surface area contributed by atoms with Crippen LogP contribution in [0.25, 0.3) is 38.0 Å². The standard InChI is InChI=1S/C22H19N2O/c1-13-9-19(24(5)12-15(13)3)16-11-17-21(10-14(16)2)25-20-8-6-7-18(23-4)22(17)20/h6-12H,1-3,5H3/q+1. The minimum atomic E-state index is 0.635. The topological polar surface area (TPSA) is 21.4 Å². The normalized spacial score (nSPS) is 11.2. The van der Waals surface area contributed by atoms with Gasteiger partial charge in [0.05, 0.1) is 6.57 Å². The Morgan fingerprint density at radius 3 is 2.52 bits per heavy atom. The largest absolute Gasteiger partial charge is 0.457 e. The molecule has 25 heavy (non-hydrogen) atoms. The molecule has 4 aromatic rings. The average molecular weight is 327 g/mol. The summed E-state index contributed by atoms with van der Waals surface area (Å²) >= 11 is 0. The van der Waals surface area contributed by atoms with Crippen LogP contribution in [0.1, 0.15) is 16.7 Å². The summed E-state index contributed by atoms with van der Waals surface area (Å²) in [7, 11) is 2.07. The molecule has 0 aliphatic carbocycles. The molecule has 0 amide bonds. The SMILES string of the molecule is [C-]#[N+]c1cccc2oc3cc(C)c(-c4cc(C)c(C)c[n+]4C)cc3c12. The molecule has 0 unspecified atom stereocenters. The Bertz CT molecular complexity index is 1190. The monoisotopic (exact) mass is 327 g/mol. The van der Waals surface area contributed by atoms with Crippen LogP contribution in [0.15, 0.2) is 47.0 Å². The van der Waals surface area contributed by atoms with E-state index in [4.69, 9.17) is 11.0 Å². The summed E-state index contributed by atoms with van der Waals surface area (Å²) in [5.41, 5.74) is 8.27. The molecule has 0 bridgehead atoms. The Hall–Kier alpha value is -3.12. The van der Waals surface area contributed by atoms with E-state index in [9.17, 15) is 0 Å². The van der Waals surface area contributed by atoms with E-state index < -0.39 is 0 Å². The van der Waals surface area contributed by atoms with Gasteiger partial charge < -0.3 is 4.42 Å². The molecule has 0 spiro atoms. The molecule has 122 valence electrons. The average Bonchev–Trinajstić information content (AvgIpc) is 2.94. The molecule has 2 heterocycles. The van der Waals surface area contributed by atoms with Crippen molar-refractivity contribution in [3.8, 4) is 11.3 Å². The van der Waals surface area contributed by atoms with Crippen molar-refractivity contribution in [2.24, 2.45) is 7.05 Å². The van der Waals surface area contributed by atoms with Crippen molar-refractivity contribution < 1.29 is 8.98 Å². The lowest BCUT2D eigenvalue weighted by molar-refractivity contribution is -0.660. The minimum absolute atomic E-state index is 0.635. The van der Waals surface area contributed by atoms with Gasteiger partial charge in [0.25, 0.3) is 0 Å². The zero-order chi connectivity index (χ0) is 17.7. The molecule has 2 aromatic carbocycles. The lowest BCUT2D eigenvalue weighted by atomic mass is 9.99. The molecule has 0 radical (unpaired) electrons. The Morgan fingerprint density at radius 2 is 1.76 bits per heavy atom. The second kappa shape index (κ2) is 5.46. The third-order valence-electron chi connectivity index (χ3n) is 4.96. The Labute approximate surface area is 147 Å². The van der Waals surface area contributed by atoms with Crippen LogP contribution in [0, 0.1) is 27.3 Å². The highest BCUT2D eigenvalue weighted by Gasteiger charge is 2.18. The number of aromatic nitrogens is 1. The highest BCUT2D eigenvalue weighted by molar-refractivity contribution is 6.12. The van der Waals surface area contributed by atoms with Gasteiger partial charge in [0.2, 0.25) is 5.69 Å². The summed E-state index contributed by atoms with van der Waals surface area (Å²) in [4.78, 5) is 3.67. The Morgan fingerprint density at radius 1 is 0.960 bits per heavy atom. The Balaban J connectivity index is 2.10. The van der Waals surface area contributed by atoms with Crippen LogP contribution in [0.4, 0.5) is 5.69 Å². The molecule has 2 aromatic heterocycles. The molecule has 0 atom stereocenters. The van der Waals surface area contributed by atoms with Crippen molar-refractivity contribution in [2.45, 2.75) is 20.8 Å². The number of pyridine rings is 1. The molecule has 0 aliphatic rings. The fourth-order valence-electron chi connectivity index (χ4n) is 3.47. The van der Waals surface area contributed by atoms with Crippen LogP contribution in [0.2, 0.25) is 0 Å². The second-order valence-electron chi connectivity index (χ2n) is 6.66. The van der Waals surface area contributed by atoms with Gasteiger partial charge in [0, 0.05) is 28.0 Å². The van der Waals surface area contributed by atoms with Crippen molar-refractivity contribution in [1.29, 1.82) is 0 Å². The Kier molecular flexibility index (Phi) is 3.36. The number of fused-ring (bicyclic) bond motifs is 3. The number of nitrogens with zero attached hydrogens (tertiary/aromatic N) is 2. The van der Waals surface area contributed by atoms with Crippen LogP contribution in [0.3, 0.4) is 0 Å². The van der Waals surface area contributed by atoms with E-state index in [-0.39, 0.29) is 0 Å². The molecule has 0 aliphatic heterocycles. The third-order valence-corrected chi connectivity index (χ3v) is 4.96. The molecule has 0 saturated heterocycles. The predicted molar refractivity (Wildman–Crippen MR) is 101 cm³/mol. The summed E-state index contributed by atoms with van der Waals surface area (Å²) in [6.07, 6.45) is 2.16. The van der Waals surface area contributed by atoms with Crippen LogP contribution in [-0.4, -0.2) is 0 Å². The van der Waals surface area contributed by atoms with Gasteiger partial charge in [-0.2, -0.15) is 0 Å². The first kappa shape index (κ1) is 15.4. The molecule has 0 saturated carbocycles. The zero-order valence-electron chi connectivity index (χ0n) is 14.8. The van der Waals surface area contributed by atoms with E-state index in [1.54, 1.807) is 0 Å². The quantitative estimate of drug-likeness (QED) is 0.331. The van der Waals surface area contributed by atoms with Crippen LogP contribution in [-0.2, 0) is 7.05 Å². The number of furan rings is 1. The zero-order valence-corrected chi connectivity index (χ0v) is 14.8. The molecule has 3 nitrogen and oxygen atoms in total. The third kappa shape index (κ3) is 2.30. The molecule has 0 N–H and O–H groups in total. The first-order chi connectivity index (χ1) is 12.0. The molecule has 0 fully saturated rings. The molecular formula is C22H19N2O+. The van der Waals surface area contributed by atoms with E-state index in [0.717, 1.165) is 33.2 Å². The van der Waals surface area contributed by atoms with E-state index in [1.807, 2.05) is 18.2 Å². The smallest absolute Gasteiger partial charge is 0.212 e. The van der Waals surface area contributed by atoms with Gasteiger partial charge in [-0.1, -0.05) is 12.1 Å². The van der Waals surface area contributed by atoms with Crippen molar-refractivity contribution in [3.05, 3.63) is 70.7 Å². The van der Waals surface area contributed by atoms with Crippen molar-refractivity contribution in [1.82, 2.24) is 0 Å². The van der Waals surface area contributed by atoms with E-state index in [1.165, 1.54) is 16.7 Å². The van der Waals surface area contributed by atoms with Gasteiger partial charge in [-0.3, -0.25) is 0 Å². The summed E-state index contributed by atoms with van der Waals surface area (Å²) in [6.45, 7) is 13.8. The first-order valence-corrected chi connectivity index (χ1v) is 8.30. The van der Waals surface area contributed by atoms with Gasteiger partial charge >= 0.3 is 0 Å². The number of benzene rings is 2. The van der Waals surface area contributed by atoms with E-state index in [2.05, 4.69) is 61.6 Å². The van der Waals surface area contributed by atoms with Crippen molar-refractivity contribution >= 4 is 27.6 Å². The van der Waals surface area contributed by atoms with Gasteiger partial charge in [-0.15, -0.1) is 0 Å². The number of aryl methyl sites for hydroxylation is 4. The summed E-state index contributed by atoms with van der Waals surface area (Å²) in [5, 5.41) is 1.90. The summed E-state index contributed by atoms with van der Waals surface area (Å²) in [6, 6.07) is 12.1. The molecular weight excluding hydrogens is 308 g/mol. The second-order valence-corrected chi connectivity index (χ2v) is 6.66. The van der Waals surface area contributed by atoms with Gasteiger partial charge in [0.15, 0.2) is 11.9 Å². The van der Waals surface area contributed by atoms with E-state index in [0.29, 0.717) is 5.69 Å². The fraction of sp³-hybridized carbons (Fsp3) is 0.182. The van der Waals surface area contributed by atoms with Crippen molar-refractivity contribution in [2.75, 3.05) is 0 Å². The molecule has 3 heteroatoms. The highest BCUT2D eigenvalue weighted by Crippen LogP contribution is 2.38. The number of rotatable bonds is 1. The highest BCUT2D eigenvalue weighted by atomic mass is 16.3. The maximum absolute atomic E-state index is 7.46. The number of hydrogen-bond acceptors (Lipinski definition) is 1. The van der Waals surface area contributed by atoms with Crippen LogP contribution >= 0.6 is 0 Å². The van der Waals surface area contributed by atoms with Gasteiger partial charge in [0.1, 0.15) is 18.2 Å². The molecule has 4 rings (SSSR count). The number of hydrogen-bond donors (Lipinski definition) is 0.